The van der Waals surface area contributed by atoms with E-state index >= 15 is 0 Å². The zero-order chi connectivity index (χ0) is 22.3. The van der Waals surface area contributed by atoms with Crippen molar-refractivity contribution in [3.05, 3.63) is 72.3 Å². The predicted molar refractivity (Wildman–Crippen MR) is 117 cm³/mol. The van der Waals surface area contributed by atoms with E-state index in [1.54, 1.807) is 36.4 Å². The molecule has 3 N–H and O–H groups in total. The Bertz CT molecular complexity index is 1030. The second-order valence-electron chi connectivity index (χ2n) is 7.84. The van der Waals surface area contributed by atoms with E-state index in [0.29, 0.717) is 28.6 Å². The number of rotatable bonds is 6. The van der Waals surface area contributed by atoms with Gasteiger partial charge in [0.25, 0.3) is 0 Å². The largest absolute Gasteiger partial charge is 0.462 e. The Hall–Kier alpha value is -1.76. The first-order valence-electron chi connectivity index (χ1n) is 9.85. The number of pyridine rings is 1. The van der Waals surface area contributed by atoms with Crippen molar-refractivity contribution < 1.29 is 33.2 Å². The quantitative estimate of drug-likeness (QED) is 0.430. The number of aliphatic hydroxyl groups is 1. The molecule has 0 bridgehead atoms. The summed E-state index contributed by atoms with van der Waals surface area (Å²) >= 11 is 0. The van der Waals surface area contributed by atoms with Gasteiger partial charge in [-0.1, -0.05) is 31.2 Å². The highest BCUT2D eigenvalue weighted by Gasteiger charge is 2.62. The average Bonchev–Trinajstić information content (AvgIpc) is 2.66. The number of aromatic nitrogens is 1. The van der Waals surface area contributed by atoms with Crippen molar-refractivity contribution in [2.24, 2.45) is 5.92 Å². The van der Waals surface area contributed by atoms with Gasteiger partial charge in [0, 0.05) is 30.3 Å². The van der Waals surface area contributed by atoms with Crippen molar-refractivity contribution in [3.63, 3.8) is 0 Å². The molecule has 166 valence electrons. The lowest BCUT2D eigenvalue weighted by Gasteiger charge is -2.45. The highest BCUT2D eigenvalue weighted by atomic mass is 31.2. The first kappa shape index (κ1) is 22.4. The molecule has 1 saturated carbocycles. The molecule has 1 aliphatic carbocycles. The van der Waals surface area contributed by atoms with E-state index in [1.165, 1.54) is 18.8 Å². The molecule has 2 heterocycles. The van der Waals surface area contributed by atoms with Crippen LogP contribution in [0, 0.1) is 5.92 Å². The molecule has 0 spiro atoms. The summed E-state index contributed by atoms with van der Waals surface area (Å²) in [4.78, 5) is 25.3. The molecule has 8 nitrogen and oxygen atoms in total. The van der Waals surface area contributed by atoms with Crippen LogP contribution in [0.15, 0.2) is 61.1 Å². The molecular formula is C21H25NO7P2. The zero-order valence-corrected chi connectivity index (χ0v) is 18.6. The first-order valence-corrected chi connectivity index (χ1v) is 13.3. The Kier molecular flexibility index (Phi) is 6.01. The van der Waals surface area contributed by atoms with Crippen molar-refractivity contribution in [2.75, 3.05) is 0 Å². The van der Waals surface area contributed by atoms with Crippen LogP contribution in [0.2, 0.25) is 0 Å². The van der Waals surface area contributed by atoms with Gasteiger partial charge in [0.05, 0.1) is 5.76 Å². The fraction of sp³-hybridized carbons (Fsp3) is 0.333. The minimum Gasteiger partial charge on any atom is -0.462 e. The molecular weight excluding hydrogens is 440 g/mol. The van der Waals surface area contributed by atoms with Crippen molar-refractivity contribution in [2.45, 2.75) is 37.1 Å². The Morgan fingerprint density at radius 2 is 1.94 bits per heavy atom. The molecule has 2 fully saturated rings. The van der Waals surface area contributed by atoms with Crippen LogP contribution in [0.1, 0.15) is 36.7 Å². The Morgan fingerprint density at radius 3 is 2.48 bits per heavy atom. The second-order valence-corrected chi connectivity index (χ2v) is 12.5. The van der Waals surface area contributed by atoms with Crippen LogP contribution in [0.5, 0.6) is 5.75 Å². The molecule has 2 aliphatic rings. The SMILES string of the molecule is C=C(Oc1ccc(C2OP(=C)(O)C(O)(Cc3cccnc3)P(=O)(O)O2)cc1)C1CCC1. The molecule has 1 aromatic heterocycles. The van der Waals surface area contributed by atoms with Crippen LogP contribution in [0.4, 0.5) is 0 Å². The van der Waals surface area contributed by atoms with Crippen LogP contribution in [0.3, 0.4) is 0 Å². The fourth-order valence-corrected chi connectivity index (χ4v) is 7.44. The number of allylic oxidation sites excluding steroid dienone is 1. The molecule has 0 radical (unpaired) electrons. The van der Waals surface area contributed by atoms with Crippen LogP contribution in [0.25, 0.3) is 0 Å². The maximum absolute atomic E-state index is 13.0. The third-order valence-electron chi connectivity index (χ3n) is 5.65. The summed E-state index contributed by atoms with van der Waals surface area (Å²) < 4.78 is 29.6. The Morgan fingerprint density at radius 1 is 1.23 bits per heavy atom. The van der Waals surface area contributed by atoms with Gasteiger partial charge >= 0.3 is 7.60 Å². The van der Waals surface area contributed by atoms with Crippen molar-refractivity contribution in [1.82, 2.24) is 4.98 Å². The van der Waals surface area contributed by atoms with E-state index in [4.69, 9.17) is 13.8 Å². The lowest BCUT2D eigenvalue weighted by molar-refractivity contribution is -0.0473. The monoisotopic (exact) mass is 465 g/mol. The van der Waals surface area contributed by atoms with Crippen LogP contribution < -0.4 is 4.74 Å². The molecule has 1 aliphatic heterocycles. The van der Waals surface area contributed by atoms with Gasteiger partial charge in [0.1, 0.15) is 5.75 Å². The van der Waals surface area contributed by atoms with Crippen molar-refractivity contribution in [1.29, 1.82) is 0 Å². The van der Waals surface area contributed by atoms with Gasteiger partial charge in [-0.05, 0) is 42.9 Å². The Labute approximate surface area is 180 Å². The highest BCUT2D eigenvalue weighted by Crippen LogP contribution is 2.78. The lowest BCUT2D eigenvalue weighted by Crippen LogP contribution is -2.38. The average molecular weight is 465 g/mol. The fourth-order valence-electron chi connectivity index (χ4n) is 3.45. The van der Waals surface area contributed by atoms with Crippen molar-refractivity contribution >= 4 is 21.2 Å². The summed E-state index contributed by atoms with van der Waals surface area (Å²) in [7, 11) is -8.78. The van der Waals surface area contributed by atoms with E-state index < -0.39 is 32.7 Å². The number of nitrogens with zero attached hydrogens (tertiary/aromatic N) is 1. The van der Waals surface area contributed by atoms with Crippen LogP contribution in [-0.4, -0.2) is 31.3 Å². The van der Waals surface area contributed by atoms with E-state index in [2.05, 4.69) is 17.9 Å². The topological polar surface area (TPSA) is 118 Å². The van der Waals surface area contributed by atoms with Crippen LogP contribution in [-0.2, 0) is 20.0 Å². The van der Waals surface area contributed by atoms with Gasteiger partial charge in [0.15, 0.2) is 13.6 Å². The van der Waals surface area contributed by atoms with Gasteiger partial charge in [-0.2, -0.15) is 0 Å². The summed E-state index contributed by atoms with van der Waals surface area (Å²) in [5.74, 6) is 1.65. The van der Waals surface area contributed by atoms with Gasteiger partial charge < -0.3 is 19.6 Å². The highest BCUT2D eigenvalue weighted by molar-refractivity contribution is 7.78. The summed E-state index contributed by atoms with van der Waals surface area (Å²) in [5.41, 5.74) is 0.807. The normalized spacial score (nSPS) is 33.5. The summed E-state index contributed by atoms with van der Waals surface area (Å²) in [5, 5.41) is 8.41. The Balaban J connectivity index is 1.52. The lowest BCUT2D eigenvalue weighted by atomic mass is 9.84. The number of hydrogen-bond acceptors (Lipinski definition) is 7. The molecule has 31 heavy (non-hydrogen) atoms. The molecule has 0 amide bonds. The zero-order valence-electron chi connectivity index (χ0n) is 16.8. The predicted octanol–water partition coefficient (Wildman–Crippen LogP) is 4.17. The number of benzene rings is 1. The molecule has 4 rings (SSSR count). The van der Waals surface area contributed by atoms with Gasteiger partial charge in [-0.15, -0.1) is 0 Å². The molecule has 10 heteroatoms. The minimum absolute atomic E-state index is 0.369. The summed E-state index contributed by atoms with van der Waals surface area (Å²) in [6.07, 6.45) is 8.05. The van der Waals surface area contributed by atoms with Gasteiger partial charge in [-0.3, -0.25) is 18.6 Å². The van der Waals surface area contributed by atoms with E-state index in [0.717, 1.165) is 12.8 Å². The molecule has 4 atom stereocenters. The number of ether oxygens (including phenoxy) is 1. The standard InChI is InChI=1S/C21H25NO7P2/c1-15(17-6-3-7-17)27-19-10-8-18(9-11-19)20-28-30(2,24)21(23,31(25,26)29-20)13-16-5-4-12-22-14-16/h4-5,8-12,14,17,20,23-24H,1-3,6-7,13H2,(H,25,26). The van der Waals surface area contributed by atoms with Gasteiger partial charge in [0.2, 0.25) is 5.08 Å². The molecule has 1 aromatic carbocycles. The second kappa shape index (κ2) is 8.30. The molecule has 1 saturated heterocycles. The maximum Gasteiger partial charge on any atom is 0.371 e. The summed E-state index contributed by atoms with van der Waals surface area (Å²) in [6.45, 7) is 3.96. The number of hydrogen-bond donors (Lipinski definition) is 3. The van der Waals surface area contributed by atoms with Crippen molar-refractivity contribution in [3.8, 4) is 5.75 Å². The third kappa shape index (κ3) is 4.30. The molecule has 2 aromatic rings. The summed E-state index contributed by atoms with van der Waals surface area (Å²) in [6, 6.07) is 9.72. The smallest absolute Gasteiger partial charge is 0.371 e. The van der Waals surface area contributed by atoms with E-state index in [1.807, 2.05) is 0 Å². The third-order valence-corrected chi connectivity index (χ3v) is 10.7. The van der Waals surface area contributed by atoms with Crippen LogP contribution >= 0.6 is 14.9 Å². The molecule has 4 unspecified atom stereocenters. The first-order chi connectivity index (χ1) is 14.6. The van der Waals surface area contributed by atoms with Gasteiger partial charge in [-0.25, -0.2) is 0 Å². The maximum atomic E-state index is 13.0. The van der Waals surface area contributed by atoms with E-state index in [9.17, 15) is 19.5 Å². The van der Waals surface area contributed by atoms with E-state index in [-0.39, 0.29) is 0 Å². The minimum atomic E-state index is -4.77.